The van der Waals surface area contributed by atoms with Gasteiger partial charge in [-0.05, 0) is 17.2 Å². The molecule has 0 radical (unpaired) electrons. The SMILES string of the molecule is Cn1ccc(-c2[n-]ccc2-c2ccccc2)n1.[Pt]. The predicted octanol–water partition coefficient (Wildman–Crippen LogP) is 2.71. The van der Waals surface area contributed by atoms with Gasteiger partial charge >= 0.3 is 0 Å². The summed E-state index contributed by atoms with van der Waals surface area (Å²) < 4.78 is 1.79. The second kappa shape index (κ2) is 5.36. The first-order valence-corrected chi connectivity index (χ1v) is 5.52. The zero-order valence-electron chi connectivity index (χ0n) is 9.85. The Morgan fingerprint density at radius 2 is 1.83 bits per heavy atom. The van der Waals surface area contributed by atoms with Gasteiger partial charge in [-0.15, -0.1) is 5.69 Å². The van der Waals surface area contributed by atoms with Gasteiger partial charge < -0.3 is 4.98 Å². The quantitative estimate of drug-likeness (QED) is 0.642. The minimum absolute atomic E-state index is 0. The number of aryl methyl sites for hydroxylation is 1. The van der Waals surface area contributed by atoms with Crippen molar-refractivity contribution in [1.82, 2.24) is 14.8 Å². The standard InChI is InChI=1S/C14H12N3.Pt/c1-17-10-8-13(16-17)14-12(7-9-15-14)11-5-3-2-4-6-11;/h2-10H,1H3;/q-1;. The van der Waals surface area contributed by atoms with Gasteiger partial charge in [0, 0.05) is 34.3 Å². The van der Waals surface area contributed by atoms with E-state index in [-0.39, 0.29) is 21.1 Å². The third kappa shape index (κ3) is 2.32. The van der Waals surface area contributed by atoms with Crippen molar-refractivity contribution in [3.63, 3.8) is 0 Å². The second-order valence-corrected chi connectivity index (χ2v) is 3.95. The van der Waals surface area contributed by atoms with Crippen LogP contribution >= 0.6 is 0 Å². The molecule has 0 aliphatic heterocycles. The van der Waals surface area contributed by atoms with E-state index in [1.54, 1.807) is 4.68 Å². The van der Waals surface area contributed by atoms with Crippen LogP contribution in [0, 0.1) is 0 Å². The Hall–Kier alpha value is -1.60. The van der Waals surface area contributed by atoms with Gasteiger partial charge in [0.05, 0.1) is 5.69 Å². The summed E-state index contributed by atoms with van der Waals surface area (Å²) in [6.45, 7) is 0. The average Bonchev–Trinajstić information content (AvgIpc) is 2.98. The van der Waals surface area contributed by atoms with E-state index in [0.717, 1.165) is 17.0 Å². The van der Waals surface area contributed by atoms with Crippen LogP contribution in [0.2, 0.25) is 0 Å². The molecule has 2 heterocycles. The van der Waals surface area contributed by atoms with Crippen molar-refractivity contribution in [3.8, 4) is 22.5 Å². The van der Waals surface area contributed by atoms with Crippen molar-refractivity contribution in [1.29, 1.82) is 0 Å². The Morgan fingerprint density at radius 1 is 1.06 bits per heavy atom. The molecule has 4 heteroatoms. The first-order chi connectivity index (χ1) is 8.34. The van der Waals surface area contributed by atoms with Gasteiger partial charge in [0.25, 0.3) is 0 Å². The van der Waals surface area contributed by atoms with Gasteiger partial charge in [0.2, 0.25) is 0 Å². The molecule has 0 bridgehead atoms. The minimum atomic E-state index is 0. The minimum Gasteiger partial charge on any atom is -0.662 e. The topological polar surface area (TPSA) is 31.9 Å². The van der Waals surface area contributed by atoms with Gasteiger partial charge in [-0.25, -0.2) is 0 Å². The maximum absolute atomic E-state index is 4.40. The molecule has 94 valence electrons. The van der Waals surface area contributed by atoms with Gasteiger partial charge in [-0.1, -0.05) is 36.4 Å². The molecule has 0 aliphatic carbocycles. The van der Waals surface area contributed by atoms with Gasteiger partial charge in [-0.2, -0.15) is 11.3 Å². The normalized spacial score (nSPS) is 10.1. The molecule has 3 aromatic rings. The molecule has 0 spiro atoms. The summed E-state index contributed by atoms with van der Waals surface area (Å²) >= 11 is 0. The molecule has 3 rings (SSSR count). The van der Waals surface area contributed by atoms with E-state index < -0.39 is 0 Å². The molecule has 0 saturated heterocycles. The van der Waals surface area contributed by atoms with Crippen LogP contribution in [0.1, 0.15) is 0 Å². The Labute approximate surface area is 120 Å². The number of rotatable bonds is 2. The number of aromatic nitrogens is 3. The van der Waals surface area contributed by atoms with Crippen LogP contribution in [0.3, 0.4) is 0 Å². The van der Waals surface area contributed by atoms with Crippen LogP contribution in [0.4, 0.5) is 0 Å². The fraction of sp³-hybridized carbons (Fsp3) is 0.0714. The molecule has 0 unspecified atom stereocenters. The molecule has 0 amide bonds. The van der Waals surface area contributed by atoms with Crippen molar-refractivity contribution in [2.75, 3.05) is 0 Å². The van der Waals surface area contributed by atoms with Gasteiger partial charge in [0.15, 0.2) is 0 Å². The number of hydrogen-bond acceptors (Lipinski definition) is 1. The average molecular weight is 417 g/mol. The largest absolute Gasteiger partial charge is 0.662 e. The monoisotopic (exact) mass is 417 g/mol. The van der Waals surface area contributed by atoms with Crippen molar-refractivity contribution < 1.29 is 21.1 Å². The van der Waals surface area contributed by atoms with Crippen molar-refractivity contribution >= 4 is 0 Å². The molecular formula is C14H12N3Pt-. The smallest absolute Gasteiger partial charge is 0.0710 e. The molecular weight excluding hydrogens is 405 g/mol. The zero-order valence-corrected chi connectivity index (χ0v) is 12.1. The summed E-state index contributed by atoms with van der Waals surface area (Å²) in [6, 6.07) is 14.3. The van der Waals surface area contributed by atoms with E-state index in [1.807, 2.05) is 49.8 Å². The Kier molecular flexibility index (Phi) is 3.83. The van der Waals surface area contributed by atoms with Crippen LogP contribution in [0.25, 0.3) is 22.5 Å². The first-order valence-electron chi connectivity index (χ1n) is 5.52. The maximum atomic E-state index is 4.40. The van der Waals surface area contributed by atoms with E-state index in [2.05, 4.69) is 22.2 Å². The molecule has 1 aromatic carbocycles. The third-order valence-corrected chi connectivity index (χ3v) is 2.74. The maximum Gasteiger partial charge on any atom is 0.0710 e. The summed E-state index contributed by atoms with van der Waals surface area (Å²) in [5.74, 6) is 0. The van der Waals surface area contributed by atoms with Crippen molar-refractivity contribution in [2.45, 2.75) is 0 Å². The molecule has 0 N–H and O–H groups in total. The molecule has 0 aliphatic rings. The number of benzene rings is 1. The molecule has 0 saturated carbocycles. The van der Waals surface area contributed by atoms with Crippen molar-refractivity contribution in [2.24, 2.45) is 7.05 Å². The van der Waals surface area contributed by atoms with Crippen LogP contribution in [0.5, 0.6) is 0 Å². The van der Waals surface area contributed by atoms with E-state index in [9.17, 15) is 0 Å². The summed E-state index contributed by atoms with van der Waals surface area (Å²) in [4.78, 5) is 4.40. The van der Waals surface area contributed by atoms with Crippen molar-refractivity contribution in [3.05, 3.63) is 54.9 Å². The number of nitrogens with zero attached hydrogens (tertiary/aromatic N) is 3. The zero-order chi connectivity index (χ0) is 11.7. The first kappa shape index (κ1) is 12.8. The summed E-state index contributed by atoms with van der Waals surface area (Å²) in [5, 5.41) is 4.39. The second-order valence-electron chi connectivity index (χ2n) is 3.95. The van der Waals surface area contributed by atoms with Crippen LogP contribution in [-0.4, -0.2) is 9.78 Å². The van der Waals surface area contributed by atoms with E-state index in [1.165, 1.54) is 5.56 Å². The molecule has 0 atom stereocenters. The molecule has 0 fully saturated rings. The fourth-order valence-corrected chi connectivity index (χ4v) is 1.93. The molecule has 2 aromatic heterocycles. The van der Waals surface area contributed by atoms with Gasteiger partial charge in [-0.3, -0.25) is 4.68 Å². The fourth-order valence-electron chi connectivity index (χ4n) is 1.93. The summed E-state index contributed by atoms with van der Waals surface area (Å²) in [7, 11) is 1.91. The van der Waals surface area contributed by atoms with Crippen LogP contribution in [-0.2, 0) is 28.1 Å². The van der Waals surface area contributed by atoms with Crippen LogP contribution < -0.4 is 4.98 Å². The summed E-state index contributed by atoms with van der Waals surface area (Å²) in [6.07, 6.45) is 3.76. The van der Waals surface area contributed by atoms with Crippen LogP contribution in [0.15, 0.2) is 54.9 Å². The predicted molar refractivity (Wildman–Crippen MR) is 67.4 cm³/mol. The number of hydrogen-bond donors (Lipinski definition) is 0. The molecule has 18 heavy (non-hydrogen) atoms. The Balaban J connectivity index is 0.00000120. The van der Waals surface area contributed by atoms with Gasteiger partial charge in [0.1, 0.15) is 0 Å². The van der Waals surface area contributed by atoms with E-state index >= 15 is 0 Å². The third-order valence-electron chi connectivity index (χ3n) is 2.74. The molecule has 3 nitrogen and oxygen atoms in total. The Morgan fingerprint density at radius 3 is 2.50 bits per heavy atom. The van der Waals surface area contributed by atoms with E-state index in [4.69, 9.17) is 0 Å². The summed E-state index contributed by atoms with van der Waals surface area (Å²) in [5.41, 5.74) is 4.16. The Bertz CT molecular complexity index is 625. The van der Waals surface area contributed by atoms with E-state index in [0.29, 0.717) is 0 Å².